The fraction of sp³-hybridized carbons (Fsp3) is 0.208. The maximum absolute atomic E-state index is 14.1. The predicted molar refractivity (Wildman–Crippen MR) is 116 cm³/mol. The lowest BCUT2D eigenvalue weighted by molar-refractivity contribution is 0.103. The third-order valence-corrected chi connectivity index (χ3v) is 5.41. The van der Waals surface area contributed by atoms with Crippen molar-refractivity contribution in [3.05, 3.63) is 95.2 Å². The molecule has 0 amide bonds. The fourth-order valence-corrected chi connectivity index (χ4v) is 3.75. The molecule has 0 radical (unpaired) electrons. The third-order valence-electron chi connectivity index (χ3n) is 5.41. The summed E-state index contributed by atoms with van der Waals surface area (Å²) in [6, 6.07) is 12.9. The Kier molecular flexibility index (Phi) is 5.86. The van der Waals surface area contributed by atoms with Crippen molar-refractivity contribution in [3.63, 3.8) is 0 Å². The summed E-state index contributed by atoms with van der Waals surface area (Å²) in [5, 5.41) is 3.41. The molecule has 7 heteroatoms. The first kappa shape index (κ1) is 20.8. The van der Waals surface area contributed by atoms with Gasteiger partial charge in [0.15, 0.2) is 0 Å². The standard InChI is InChI=1S/C24H22F2N4O/c1-15(25)19-9-10-22(29-23(19)24(31)20-4-3-11-27-16(20)2)30-13-12-28-21(14-30)17-5-7-18(26)8-6-17/h3-11,21,28H,1,12-14H2,2H3. The predicted octanol–water partition coefficient (Wildman–Crippen LogP) is 4.25. The van der Waals surface area contributed by atoms with Crippen molar-refractivity contribution in [1.29, 1.82) is 0 Å². The van der Waals surface area contributed by atoms with E-state index in [0.29, 0.717) is 36.7 Å². The Morgan fingerprint density at radius 1 is 1.16 bits per heavy atom. The molecule has 1 atom stereocenters. The molecule has 1 saturated heterocycles. The molecular weight excluding hydrogens is 398 g/mol. The number of rotatable bonds is 5. The Morgan fingerprint density at radius 2 is 1.94 bits per heavy atom. The van der Waals surface area contributed by atoms with E-state index in [-0.39, 0.29) is 23.1 Å². The van der Waals surface area contributed by atoms with Crippen LogP contribution in [-0.2, 0) is 0 Å². The topological polar surface area (TPSA) is 58.1 Å². The molecule has 158 valence electrons. The van der Waals surface area contributed by atoms with Crippen molar-refractivity contribution >= 4 is 17.4 Å². The van der Waals surface area contributed by atoms with Gasteiger partial charge in [-0.15, -0.1) is 0 Å². The summed E-state index contributed by atoms with van der Waals surface area (Å²) in [7, 11) is 0. The normalized spacial score (nSPS) is 16.2. The molecule has 1 fully saturated rings. The summed E-state index contributed by atoms with van der Waals surface area (Å²) in [5.74, 6) is -0.822. The molecule has 3 heterocycles. The number of piperazine rings is 1. The van der Waals surface area contributed by atoms with Gasteiger partial charge in [0.05, 0.1) is 0 Å². The van der Waals surface area contributed by atoms with E-state index in [0.717, 1.165) is 5.56 Å². The molecule has 1 unspecified atom stereocenters. The SMILES string of the molecule is C=C(F)c1ccc(N2CCNC(c3ccc(F)cc3)C2)nc1C(=O)c1cccnc1C. The van der Waals surface area contributed by atoms with Gasteiger partial charge < -0.3 is 10.2 Å². The summed E-state index contributed by atoms with van der Waals surface area (Å²) in [6.07, 6.45) is 1.60. The number of benzene rings is 1. The first-order valence-corrected chi connectivity index (χ1v) is 10.00. The van der Waals surface area contributed by atoms with Crippen molar-refractivity contribution in [3.8, 4) is 0 Å². The number of aromatic nitrogens is 2. The van der Waals surface area contributed by atoms with Crippen LogP contribution in [0.5, 0.6) is 0 Å². The van der Waals surface area contributed by atoms with E-state index >= 15 is 0 Å². The number of halogens is 2. The van der Waals surface area contributed by atoms with Gasteiger partial charge in [0.25, 0.3) is 0 Å². The first-order chi connectivity index (χ1) is 14.9. The minimum Gasteiger partial charge on any atom is -0.353 e. The highest BCUT2D eigenvalue weighted by Crippen LogP contribution is 2.27. The summed E-state index contributed by atoms with van der Waals surface area (Å²) in [4.78, 5) is 23.9. The van der Waals surface area contributed by atoms with Gasteiger partial charge in [-0.1, -0.05) is 18.7 Å². The molecule has 31 heavy (non-hydrogen) atoms. The van der Waals surface area contributed by atoms with Gasteiger partial charge in [-0.3, -0.25) is 9.78 Å². The lowest BCUT2D eigenvalue weighted by Gasteiger charge is -2.35. The fourth-order valence-electron chi connectivity index (χ4n) is 3.75. The summed E-state index contributed by atoms with van der Waals surface area (Å²) in [6.45, 7) is 7.01. The Morgan fingerprint density at radius 3 is 2.65 bits per heavy atom. The zero-order chi connectivity index (χ0) is 22.0. The van der Waals surface area contributed by atoms with E-state index in [4.69, 9.17) is 0 Å². The van der Waals surface area contributed by atoms with Gasteiger partial charge in [-0.2, -0.15) is 0 Å². The van der Waals surface area contributed by atoms with Crippen molar-refractivity contribution in [2.75, 3.05) is 24.5 Å². The van der Waals surface area contributed by atoms with Gasteiger partial charge >= 0.3 is 0 Å². The average molecular weight is 420 g/mol. The second kappa shape index (κ2) is 8.73. The highest BCUT2D eigenvalue weighted by molar-refractivity contribution is 6.10. The van der Waals surface area contributed by atoms with Crippen LogP contribution < -0.4 is 10.2 Å². The third kappa shape index (κ3) is 4.36. The van der Waals surface area contributed by atoms with Crippen LogP contribution in [0.25, 0.3) is 5.83 Å². The lowest BCUT2D eigenvalue weighted by Crippen LogP contribution is -2.46. The zero-order valence-corrected chi connectivity index (χ0v) is 17.1. The van der Waals surface area contributed by atoms with Crippen LogP contribution in [0.4, 0.5) is 14.6 Å². The summed E-state index contributed by atoms with van der Waals surface area (Å²) in [5.41, 5.74) is 1.97. The Labute approximate surface area is 179 Å². The van der Waals surface area contributed by atoms with E-state index in [2.05, 4.69) is 21.9 Å². The number of nitrogens with zero attached hydrogens (tertiary/aromatic N) is 3. The zero-order valence-electron chi connectivity index (χ0n) is 17.1. The van der Waals surface area contributed by atoms with E-state index in [1.807, 2.05) is 4.90 Å². The highest BCUT2D eigenvalue weighted by atomic mass is 19.1. The van der Waals surface area contributed by atoms with Crippen molar-refractivity contribution in [2.45, 2.75) is 13.0 Å². The van der Waals surface area contributed by atoms with Gasteiger partial charge in [-0.05, 0) is 48.9 Å². The number of carbonyl (C=O) groups excluding carboxylic acids is 1. The lowest BCUT2D eigenvalue weighted by atomic mass is 10.0. The second-order valence-electron chi connectivity index (χ2n) is 7.44. The number of carbonyl (C=O) groups is 1. The number of aryl methyl sites for hydroxylation is 1. The van der Waals surface area contributed by atoms with Crippen LogP contribution in [-0.4, -0.2) is 35.4 Å². The van der Waals surface area contributed by atoms with Gasteiger partial charge in [0.1, 0.15) is 23.2 Å². The molecule has 1 aromatic carbocycles. The van der Waals surface area contributed by atoms with Gasteiger partial charge in [0.2, 0.25) is 5.78 Å². The maximum atomic E-state index is 14.1. The smallest absolute Gasteiger partial charge is 0.213 e. The number of anilines is 1. The molecule has 1 N–H and O–H groups in total. The molecule has 0 aliphatic carbocycles. The Hall–Kier alpha value is -3.45. The number of ketones is 1. The monoisotopic (exact) mass is 420 g/mol. The Bertz CT molecular complexity index is 1130. The van der Waals surface area contributed by atoms with Gasteiger partial charge in [0, 0.05) is 48.7 Å². The van der Waals surface area contributed by atoms with E-state index in [1.54, 1.807) is 49.5 Å². The van der Waals surface area contributed by atoms with Crippen LogP contribution in [0.1, 0.15) is 38.9 Å². The molecule has 4 rings (SSSR count). The quantitative estimate of drug-likeness (QED) is 0.626. The largest absolute Gasteiger partial charge is 0.353 e. The van der Waals surface area contributed by atoms with Crippen molar-refractivity contribution < 1.29 is 13.6 Å². The summed E-state index contributed by atoms with van der Waals surface area (Å²) < 4.78 is 27.4. The number of hydrogen-bond donors (Lipinski definition) is 1. The number of pyridine rings is 2. The van der Waals surface area contributed by atoms with Crippen molar-refractivity contribution in [1.82, 2.24) is 15.3 Å². The van der Waals surface area contributed by atoms with Crippen LogP contribution >= 0.6 is 0 Å². The molecule has 1 aliphatic rings. The molecule has 1 aliphatic heterocycles. The minimum atomic E-state index is -0.714. The maximum Gasteiger partial charge on any atom is 0.213 e. The van der Waals surface area contributed by atoms with E-state index in [1.165, 1.54) is 12.1 Å². The summed E-state index contributed by atoms with van der Waals surface area (Å²) >= 11 is 0. The molecular formula is C24H22F2N4O. The van der Waals surface area contributed by atoms with Crippen LogP contribution in [0, 0.1) is 12.7 Å². The van der Waals surface area contributed by atoms with Crippen molar-refractivity contribution in [2.24, 2.45) is 0 Å². The first-order valence-electron chi connectivity index (χ1n) is 10.00. The van der Waals surface area contributed by atoms with E-state index in [9.17, 15) is 13.6 Å². The average Bonchev–Trinajstić information content (AvgIpc) is 2.79. The molecule has 0 bridgehead atoms. The Balaban J connectivity index is 1.67. The number of nitrogens with one attached hydrogen (secondary N) is 1. The highest BCUT2D eigenvalue weighted by Gasteiger charge is 2.25. The molecule has 0 spiro atoms. The van der Waals surface area contributed by atoms with E-state index < -0.39 is 11.6 Å². The van der Waals surface area contributed by atoms with Crippen LogP contribution in [0.15, 0.2) is 61.3 Å². The molecule has 3 aromatic rings. The van der Waals surface area contributed by atoms with Crippen LogP contribution in [0.3, 0.4) is 0 Å². The second-order valence-corrected chi connectivity index (χ2v) is 7.44. The van der Waals surface area contributed by atoms with Crippen LogP contribution in [0.2, 0.25) is 0 Å². The molecule has 5 nitrogen and oxygen atoms in total. The van der Waals surface area contributed by atoms with Gasteiger partial charge in [-0.25, -0.2) is 13.8 Å². The molecule has 0 saturated carbocycles. The minimum absolute atomic E-state index is 0.0120. The molecule has 2 aromatic heterocycles. The number of hydrogen-bond acceptors (Lipinski definition) is 5.